The van der Waals surface area contributed by atoms with E-state index in [1.165, 1.54) is 33.5 Å². The van der Waals surface area contributed by atoms with Crippen LogP contribution in [0, 0.1) is 5.92 Å². The van der Waals surface area contributed by atoms with Gasteiger partial charge in [0.2, 0.25) is 11.8 Å². The summed E-state index contributed by atoms with van der Waals surface area (Å²) in [7, 11) is 0. The molecule has 2 spiro atoms. The lowest BCUT2D eigenvalue weighted by molar-refractivity contribution is -0.136. The number of aromatic hydroxyl groups is 1. The molecule has 0 aromatic heterocycles. The van der Waals surface area contributed by atoms with Crippen molar-refractivity contribution in [2.75, 3.05) is 50.8 Å². The number of hydrogen-bond donors (Lipinski definition) is 2. The number of benzene rings is 4. The zero-order valence-corrected chi connectivity index (χ0v) is 34.2. The molecule has 2 N–H and O–H groups in total. The summed E-state index contributed by atoms with van der Waals surface area (Å²) in [4.78, 5) is 44.5. The average molecular weight is 807 g/mol. The fourth-order valence-electron chi connectivity index (χ4n) is 12.1. The number of phenolic OH excluding ortho intramolecular Hbond substituents is 1. The molecule has 4 aromatic rings. The van der Waals surface area contributed by atoms with Crippen LogP contribution < -0.4 is 15.0 Å². The number of hydrogen-bond acceptors (Lipinski definition) is 8. The zero-order valence-electron chi connectivity index (χ0n) is 34.2. The maximum absolute atomic E-state index is 13.4. The summed E-state index contributed by atoms with van der Waals surface area (Å²) in [5, 5.41) is 12.7. The highest BCUT2D eigenvalue weighted by atomic mass is 16.5. The molecule has 0 saturated carbocycles. The van der Waals surface area contributed by atoms with E-state index < -0.39 is 6.04 Å². The summed E-state index contributed by atoms with van der Waals surface area (Å²) in [6.45, 7) is 6.94. The second-order valence-electron chi connectivity index (χ2n) is 18.8. The van der Waals surface area contributed by atoms with Crippen molar-refractivity contribution in [3.63, 3.8) is 0 Å². The van der Waals surface area contributed by atoms with Gasteiger partial charge in [0.15, 0.2) is 0 Å². The Morgan fingerprint density at radius 2 is 1.60 bits per heavy atom. The minimum absolute atomic E-state index is 0.0316. The smallest absolute Gasteiger partial charge is 0.255 e. The second-order valence-corrected chi connectivity index (χ2v) is 18.8. The molecule has 4 fully saturated rings. The number of aryl methyl sites for hydroxylation is 1. The molecule has 3 amide bonds. The Morgan fingerprint density at radius 3 is 2.38 bits per heavy atom. The number of anilines is 1. The number of ether oxygens (including phenoxy) is 2. The van der Waals surface area contributed by atoms with Crippen LogP contribution in [-0.4, -0.2) is 90.2 Å². The van der Waals surface area contributed by atoms with Crippen molar-refractivity contribution in [1.82, 2.24) is 15.1 Å². The maximum atomic E-state index is 13.4. The highest BCUT2D eigenvalue weighted by molar-refractivity contribution is 6.05. The molecule has 6 heterocycles. The number of imide groups is 1. The summed E-state index contributed by atoms with van der Waals surface area (Å²) < 4.78 is 13.0. The van der Waals surface area contributed by atoms with Gasteiger partial charge >= 0.3 is 0 Å². The van der Waals surface area contributed by atoms with E-state index in [2.05, 4.69) is 81.8 Å². The Kier molecular flexibility index (Phi) is 9.30. The Morgan fingerprint density at radius 1 is 0.800 bits per heavy atom. The van der Waals surface area contributed by atoms with E-state index in [9.17, 15) is 19.5 Å². The highest BCUT2D eigenvalue weighted by Crippen LogP contribution is 2.50. The monoisotopic (exact) mass is 806 g/mol. The Bertz CT molecular complexity index is 2330. The van der Waals surface area contributed by atoms with Gasteiger partial charge in [0, 0.05) is 60.7 Å². The van der Waals surface area contributed by atoms with Gasteiger partial charge in [-0.3, -0.25) is 19.7 Å². The van der Waals surface area contributed by atoms with Gasteiger partial charge in [-0.25, -0.2) is 0 Å². The van der Waals surface area contributed by atoms with Gasteiger partial charge in [-0.1, -0.05) is 48.5 Å². The van der Waals surface area contributed by atoms with Gasteiger partial charge < -0.3 is 29.3 Å². The third-order valence-corrected chi connectivity index (χ3v) is 15.4. The lowest BCUT2D eigenvalue weighted by atomic mass is 9.69. The van der Waals surface area contributed by atoms with Crippen LogP contribution in [0.2, 0.25) is 0 Å². The Labute approximate surface area is 351 Å². The SMILES string of the molecule is O=C1CC[C@H](N2Cc3cc4c(cc3C2=O)OCC42CCN(C[C@@H]3COC4(CCN(c5ccc([C@H]6c7ccc(O)cc7CC[C@H]6c6ccccc6)cc5)CC4)C3)CC2)C(=O)N1. The van der Waals surface area contributed by atoms with E-state index in [-0.39, 0.29) is 41.1 Å². The highest BCUT2D eigenvalue weighted by Gasteiger charge is 2.48. The molecule has 4 atom stereocenters. The van der Waals surface area contributed by atoms with Crippen molar-refractivity contribution in [2.24, 2.45) is 5.92 Å². The van der Waals surface area contributed by atoms with Crippen molar-refractivity contribution in [3.8, 4) is 11.5 Å². The minimum atomic E-state index is -0.613. The van der Waals surface area contributed by atoms with Crippen LogP contribution in [0.1, 0.15) is 107 Å². The van der Waals surface area contributed by atoms with Crippen molar-refractivity contribution in [1.29, 1.82) is 0 Å². The van der Waals surface area contributed by atoms with Gasteiger partial charge in [0.1, 0.15) is 17.5 Å². The third kappa shape index (κ3) is 6.58. The zero-order chi connectivity index (χ0) is 40.6. The lowest BCUT2D eigenvalue weighted by Gasteiger charge is -2.41. The van der Waals surface area contributed by atoms with Crippen molar-refractivity contribution < 1.29 is 29.0 Å². The fourth-order valence-corrected chi connectivity index (χ4v) is 12.1. The number of nitrogens with zero attached hydrogens (tertiary/aromatic N) is 3. The molecule has 310 valence electrons. The van der Waals surface area contributed by atoms with Gasteiger partial charge in [-0.15, -0.1) is 0 Å². The molecule has 10 heteroatoms. The van der Waals surface area contributed by atoms with Crippen LogP contribution >= 0.6 is 0 Å². The molecular weight excluding hydrogens is 753 g/mol. The first-order valence-electron chi connectivity index (χ1n) is 22.3. The number of carbonyl (C=O) groups excluding carboxylic acids is 3. The minimum Gasteiger partial charge on any atom is -0.508 e. The number of rotatable bonds is 6. The van der Waals surface area contributed by atoms with E-state index in [1.807, 2.05) is 18.2 Å². The molecule has 1 aliphatic carbocycles. The molecule has 60 heavy (non-hydrogen) atoms. The van der Waals surface area contributed by atoms with Gasteiger partial charge in [-0.05, 0) is 141 Å². The van der Waals surface area contributed by atoms with E-state index in [4.69, 9.17) is 9.47 Å². The summed E-state index contributed by atoms with van der Waals surface area (Å²) in [5.41, 5.74) is 9.28. The van der Waals surface area contributed by atoms with Crippen molar-refractivity contribution in [3.05, 3.63) is 124 Å². The van der Waals surface area contributed by atoms with Crippen LogP contribution in [-0.2, 0) is 32.7 Å². The maximum Gasteiger partial charge on any atom is 0.255 e. The first-order valence-corrected chi connectivity index (χ1v) is 22.3. The van der Waals surface area contributed by atoms with E-state index >= 15 is 0 Å². The van der Waals surface area contributed by atoms with E-state index in [0.717, 1.165) is 95.6 Å². The average Bonchev–Trinajstić information content (AvgIpc) is 3.93. The molecule has 4 aromatic carbocycles. The molecule has 7 aliphatic rings. The van der Waals surface area contributed by atoms with Gasteiger partial charge in [0.25, 0.3) is 5.91 Å². The quantitative estimate of drug-likeness (QED) is 0.205. The predicted molar refractivity (Wildman–Crippen MR) is 227 cm³/mol. The number of likely N-dealkylation sites (tertiary alicyclic amines) is 1. The Balaban J connectivity index is 0.696. The summed E-state index contributed by atoms with van der Waals surface area (Å²) in [6, 6.07) is 29.7. The Hall–Kier alpha value is -5.19. The molecule has 6 aliphatic heterocycles. The number of nitrogens with one attached hydrogen (secondary N) is 1. The fraction of sp³-hybridized carbons (Fsp3) is 0.460. The first-order chi connectivity index (χ1) is 29.2. The topological polar surface area (TPSA) is 112 Å². The number of phenols is 1. The van der Waals surface area contributed by atoms with Crippen molar-refractivity contribution >= 4 is 23.4 Å². The van der Waals surface area contributed by atoms with E-state index in [1.54, 1.807) is 4.90 Å². The van der Waals surface area contributed by atoms with Crippen LogP contribution in [0.25, 0.3) is 0 Å². The lowest BCUT2D eigenvalue weighted by Crippen LogP contribution is -2.52. The molecule has 0 radical (unpaired) electrons. The van der Waals surface area contributed by atoms with Crippen LogP contribution in [0.4, 0.5) is 5.69 Å². The van der Waals surface area contributed by atoms with Gasteiger partial charge in [-0.2, -0.15) is 0 Å². The number of amides is 3. The molecule has 10 nitrogen and oxygen atoms in total. The number of piperidine rings is 3. The van der Waals surface area contributed by atoms with Gasteiger partial charge in [0.05, 0.1) is 18.8 Å². The molecule has 4 saturated heterocycles. The van der Waals surface area contributed by atoms with E-state index in [0.29, 0.717) is 42.7 Å². The first kappa shape index (κ1) is 37.8. The summed E-state index contributed by atoms with van der Waals surface area (Å²) in [5.74, 6) is 1.52. The molecule has 0 unspecified atom stereocenters. The number of fused-ring (bicyclic) bond motifs is 4. The molecule has 0 bridgehead atoms. The van der Waals surface area contributed by atoms with Crippen LogP contribution in [0.15, 0.2) is 84.9 Å². The van der Waals surface area contributed by atoms with Crippen LogP contribution in [0.5, 0.6) is 11.5 Å². The molecule has 11 rings (SSSR count). The summed E-state index contributed by atoms with van der Waals surface area (Å²) in [6.07, 6.45) is 7.89. The molecular formula is C50H54N4O6. The normalized spacial score (nSPS) is 26.8. The second kappa shape index (κ2) is 14.8. The predicted octanol–water partition coefficient (Wildman–Crippen LogP) is 6.82. The number of carbonyl (C=O) groups is 3. The standard InChI is InChI=1S/C50H54N4O6/c55-38-11-13-40-35(24-38)8-12-39(33-4-2-1-3-5-33)46(40)34-6-9-37(10-7-34)53-22-18-50(19-23-53)27-32(30-60-50)28-52-20-16-49(17-21-52)31-59-44-26-41-36(25-42(44)49)29-54(48(41)58)43-14-15-45(56)51-47(43)57/h1-7,9-11,13,24-26,32,39,43,46,55H,8,12,14-23,27-31H2,(H,51,56,57)/t32-,39+,43+,46-/m1/s1. The third-order valence-electron chi connectivity index (χ3n) is 15.4. The van der Waals surface area contributed by atoms with Crippen LogP contribution in [0.3, 0.4) is 0 Å². The van der Waals surface area contributed by atoms with Crippen molar-refractivity contribution in [2.45, 2.75) is 93.2 Å². The largest absolute Gasteiger partial charge is 0.508 e. The summed E-state index contributed by atoms with van der Waals surface area (Å²) >= 11 is 0.